The standard InChI is InChI=1S/C17H21N3O3S/c1-12(14-6-4-3-5-7-14)19-17(21)16-10-18-20(13(16)2)15-8-9-24(22,23)11-15/h3-7,10,12,15H,8-9,11H2,1-2H3,(H,19,21). The number of nitrogens with one attached hydrogen (secondary N) is 1. The number of hydrogen-bond acceptors (Lipinski definition) is 4. The van der Waals surface area contributed by atoms with Gasteiger partial charge in [0.15, 0.2) is 9.84 Å². The molecule has 0 aliphatic carbocycles. The molecule has 1 N–H and O–H groups in total. The first-order chi connectivity index (χ1) is 11.4. The van der Waals surface area contributed by atoms with Crippen molar-refractivity contribution in [1.82, 2.24) is 15.1 Å². The largest absolute Gasteiger partial charge is 0.345 e. The van der Waals surface area contributed by atoms with Crippen molar-refractivity contribution in [2.75, 3.05) is 11.5 Å². The molecular weight excluding hydrogens is 326 g/mol. The van der Waals surface area contributed by atoms with E-state index < -0.39 is 9.84 Å². The monoisotopic (exact) mass is 347 g/mol. The number of aromatic nitrogens is 2. The van der Waals surface area contributed by atoms with Crippen molar-refractivity contribution in [2.24, 2.45) is 0 Å². The Bertz CT molecular complexity index is 843. The highest BCUT2D eigenvalue weighted by Crippen LogP contribution is 2.25. The molecule has 1 fully saturated rings. The van der Waals surface area contributed by atoms with Gasteiger partial charge in [0.25, 0.3) is 5.91 Å². The summed E-state index contributed by atoms with van der Waals surface area (Å²) in [5.74, 6) is 0.0801. The van der Waals surface area contributed by atoms with Crippen molar-refractivity contribution < 1.29 is 13.2 Å². The Balaban J connectivity index is 1.75. The van der Waals surface area contributed by atoms with E-state index in [1.54, 1.807) is 11.6 Å². The fourth-order valence-electron chi connectivity index (χ4n) is 3.08. The molecular formula is C17H21N3O3S. The number of sulfone groups is 1. The van der Waals surface area contributed by atoms with Crippen LogP contribution in [0.5, 0.6) is 0 Å². The van der Waals surface area contributed by atoms with E-state index in [4.69, 9.17) is 0 Å². The summed E-state index contributed by atoms with van der Waals surface area (Å²) in [6.07, 6.45) is 2.07. The third-order valence-electron chi connectivity index (χ3n) is 4.49. The summed E-state index contributed by atoms with van der Waals surface area (Å²) in [5.41, 5.74) is 2.22. The molecule has 1 amide bonds. The van der Waals surface area contributed by atoms with Gasteiger partial charge in [0.2, 0.25) is 0 Å². The molecule has 2 atom stereocenters. The maximum absolute atomic E-state index is 12.5. The minimum atomic E-state index is -2.99. The lowest BCUT2D eigenvalue weighted by molar-refractivity contribution is 0.0939. The Morgan fingerprint density at radius 2 is 2.04 bits per heavy atom. The average Bonchev–Trinajstić information content (AvgIpc) is 3.10. The van der Waals surface area contributed by atoms with Crippen molar-refractivity contribution in [3.63, 3.8) is 0 Å². The van der Waals surface area contributed by atoms with Crippen molar-refractivity contribution in [3.8, 4) is 0 Å². The van der Waals surface area contributed by atoms with E-state index in [1.165, 1.54) is 6.20 Å². The summed E-state index contributed by atoms with van der Waals surface area (Å²) in [7, 11) is -2.99. The number of amides is 1. The molecule has 6 nitrogen and oxygen atoms in total. The molecule has 3 rings (SSSR count). The van der Waals surface area contributed by atoms with Gasteiger partial charge in [-0.2, -0.15) is 5.10 Å². The van der Waals surface area contributed by atoms with E-state index >= 15 is 0 Å². The molecule has 24 heavy (non-hydrogen) atoms. The predicted octanol–water partition coefficient (Wildman–Crippen LogP) is 2.04. The summed E-state index contributed by atoms with van der Waals surface area (Å²) < 4.78 is 25.0. The minimum Gasteiger partial charge on any atom is -0.345 e. The number of carbonyl (C=O) groups excluding carboxylic acids is 1. The van der Waals surface area contributed by atoms with Crippen molar-refractivity contribution >= 4 is 15.7 Å². The number of hydrogen-bond donors (Lipinski definition) is 1. The molecule has 128 valence electrons. The number of nitrogens with zero attached hydrogens (tertiary/aromatic N) is 2. The predicted molar refractivity (Wildman–Crippen MR) is 91.6 cm³/mol. The minimum absolute atomic E-state index is 0.0942. The van der Waals surface area contributed by atoms with Crippen LogP contribution in [0.1, 0.15) is 47.0 Å². The first-order valence-electron chi connectivity index (χ1n) is 7.98. The van der Waals surface area contributed by atoms with E-state index in [0.29, 0.717) is 17.7 Å². The van der Waals surface area contributed by atoms with Gasteiger partial charge in [-0.15, -0.1) is 0 Å². The zero-order chi connectivity index (χ0) is 17.3. The molecule has 2 heterocycles. The Labute approximate surface area is 141 Å². The van der Waals surface area contributed by atoms with Crippen molar-refractivity contribution in [1.29, 1.82) is 0 Å². The van der Waals surface area contributed by atoms with Crippen LogP contribution in [0.4, 0.5) is 0 Å². The Kier molecular flexibility index (Phi) is 4.45. The fraction of sp³-hybridized carbons (Fsp3) is 0.412. The third kappa shape index (κ3) is 3.36. The molecule has 1 aliphatic rings. The van der Waals surface area contributed by atoms with Crippen LogP contribution in [0, 0.1) is 6.92 Å². The van der Waals surface area contributed by atoms with Crippen molar-refractivity contribution in [3.05, 3.63) is 53.3 Å². The average molecular weight is 347 g/mol. The summed E-state index contributed by atoms with van der Waals surface area (Å²) in [4.78, 5) is 12.5. The van der Waals surface area contributed by atoms with Crippen LogP contribution < -0.4 is 5.32 Å². The van der Waals surface area contributed by atoms with Crippen molar-refractivity contribution in [2.45, 2.75) is 32.4 Å². The van der Waals surface area contributed by atoms with Crippen LogP contribution in [0.15, 0.2) is 36.5 Å². The molecule has 7 heteroatoms. The van der Waals surface area contributed by atoms with Gasteiger partial charge < -0.3 is 5.32 Å². The summed E-state index contributed by atoms with van der Waals surface area (Å²) >= 11 is 0. The van der Waals surface area contributed by atoms with Crippen LogP contribution in [0.25, 0.3) is 0 Å². The zero-order valence-corrected chi connectivity index (χ0v) is 14.6. The SMILES string of the molecule is Cc1c(C(=O)NC(C)c2ccccc2)cnn1C1CCS(=O)(=O)C1. The quantitative estimate of drug-likeness (QED) is 0.918. The Morgan fingerprint density at radius 1 is 1.33 bits per heavy atom. The van der Waals surface area contributed by atoms with Crippen LogP contribution in [0.3, 0.4) is 0 Å². The zero-order valence-electron chi connectivity index (χ0n) is 13.8. The second-order valence-electron chi connectivity index (χ2n) is 6.25. The Morgan fingerprint density at radius 3 is 2.67 bits per heavy atom. The Hall–Kier alpha value is -2.15. The molecule has 1 aromatic carbocycles. The van der Waals surface area contributed by atoms with Crippen LogP contribution in [-0.4, -0.2) is 35.6 Å². The van der Waals surface area contributed by atoms with E-state index in [1.807, 2.05) is 37.3 Å². The van der Waals surface area contributed by atoms with Gasteiger partial charge in [-0.25, -0.2) is 8.42 Å². The van der Waals surface area contributed by atoms with Crippen LogP contribution in [-0.2, 0) is 9.84 Å². The summed E-state index contributed by atoms with van der Waals surface area (Å²) in [6.45, 7) is 3.73. The topological polar surface area (TPSA) is 81.1 Å². The van der Waals surface area contributed by atoms with E-state index in [0.717, 1.165) is 5.56 Å². The van der Waals surface area contributed by atoms with E-state index in [-0.39, 0.29) is 29.5 Å². The molecule has 1 aliphatic heterocycles. The third-order valence-corrected chi connectivity index (χ3v) is 6.24. The highest BCUT2D eigenvalue weighted by molar-refractivity contribution is 7.91. The lowest BCUT2D eigenvalue weighted by atomic mass is 10.1. The fourth-order valence-corrected chi connectivity index (χ4v) is 4.77. The van der Waals surface area contributed by atoms with E-state index in [9.17, 15) is 13.2 Å². The molecule has 0 radical (unpaired) electrons. The van der Waals surface area contributed by atoms with Gasteiger partial charge in [-0.3, -0.25) is 9.48 Å². The molecule has 1 aromatic heterocycles. The molecule has 0 saturated carbocycles. The number of rotatable bonds is 4. The van der Waals surface area contributed by atoms with Gasteiger partial charge in [0.05, 0.1) is 35.3 Å². The smallest absolute Gasteiger partial charge is 0.255 e. The lowest BCUT2D eigenvalue weighted by Crippen LogP contribution is -2.27. The number of carbonyl (C=O) groups is 1. The first-order valence-corrected chi connectivity index (χ1v) is 9.80. The highest BCUT2D eigenvalue weighted by atomic mass is 32.2. The summed E-state index contributed by atoms with van der Waals surface area (Å²) in [5, 5.41) is 7.22. The normalized spacial score (nSPS) is 20.7. The molecule has 2 unspecified atom stereocenters. The van der Waals surface area contributed by atoms with Gasteiger partial charge in [-0.1, -0.05) is 30.3 Å². The maximum Gasteiger partial charge on any atom is 0.255 e. The maximum atomic E-state index is 12.5. The molecule has 1 saturated heterocycles. The molecule has 2 aromatic rings. The van der Waals surface area contributed by atoms with Crippen LogP contribution in [0.2, 0.25) is 0 Å². The van der Waals surface area contributed by atoms with Gasteiger partial charge in [-0.05, 0) is 25.8 Å². The van der Waals surface area contributed by atoms with Gasteiger partial charge in [0.1, 0.15) is 0 Å². The first kappa shape index (κ1) is 16.7. The second kappa shape index (κ2) is 6.39. The molecule has 0 bridgehead atoms. The highest BCUT2D eigenvalue weighted by Gasteiger charge is 2.31. The molecule has 0 spiro atoms. The van der Waals surface area contributed by atoms with Crippen LogP contribution >= 0.6 is 0 Å². The summed E-state index contributed by atoms with van der Waals surface area (Å²) in [6, 6.07) is 9.43. The number of benzene rings is 1. The van der Waals surface area contributed by atoms with E-state index in [2.05, 4.69) is 10.4 Å². The lowest BCUT2D eigenvalue weighted by Gasteiger charge is -2.15. The van der Waals surface area contributed by atoms with Gasteiger partial charge in [0, 0.05) is 5.69 Å². The second-order valence-corrected chi connectivity index (χ2v) is 8.48. The van der Waals surface area contributed by atoms with Gasteiger partial charge >= 0.3 is 0 Å².